The fourth-order valence-electron chi connectivity index (χ4n) is 9.49. The lowest BCUT2D eigenvalue weighted by Gasteiger charge is -2.50. The minimum atomic E-state index is 0.0775. The molecule has 3 saturated carbocycles. The second kappa shape index (κ2) is 12.1. The molecule has 3 aliphatic carbocycles. The minimum absolute atomic E-state index is 0.0775. The van der Waals surface area contributed by atoms with E-state index in [1.807, 2.05) is 6.08 Å². The first-order valence-corrected chi connectivity index (χ1v) is 16.7. The Hall–Kier alpha value is -2.34. The number of hydrogen-bond acceptors (Lipinski definition) is 0. The number of benzene rings is 2. The molecule has 0 heterocycles. The van der Waals surface area contributed by atoms with Crippen molar-refractivity contribution in [1.82, 2.24) is 0 Å². The molecule has 0 heteroatoms. The van der Waals surface area contributed by atoms with Crippen LogP contribution in [0.1, 0.15) is 104 Å². The van der Waals surface area contributed by atoms with Gasteiger partial charge in [-0.05, 0) is 102 Å². The van der Waals surface area contributed by atoms with Gasteiger partial charge in [-0.15, -0.1) is 0 Å². The molecule has 0 radical (unpaired) electrons. The summed E-state index contributed by atoms with van der Waals surface area (Å²) in [4.78, 5) is 0. The second-order valence-corrected chi connectivity index (χ2v) is 15.8. The van der Waals surface area contributed by atoms with Gasteiger partial charge in [-0.25, -0.2) is 0 Å². The summed E-state index contributed by atoms with van der Waals surface area (Å²) < 4.78 is 0. The van der Waals surface area contributed by atoms with Crippen molar-refractivity contribution >= 4 is 0 Å². The average Bonchev–Trinajstić information content (AvgIpc) is 3.61. The first kappa shape index (κ1) is 30.1. The summed E-state index contributed by atoms with van der Waals surface area (Å²) in [5.41, 5.74) is 5.11. The van der Waals surface area contributed by atoms with E-state index in [2.05, 4.69) is 127 Å². The first-order chi connectivity index (χ1) is 19.6. The van der Waals surface area contributed by atoms with Crippen LogP contribution in [0.2, 0.25) is 0 Å². The molecule has 5 atom stereocenters. The summed E-state index contributed by atoms with van der Waals surface area (Å²) in [5.74, 6) is 4.32. The lowest BCUT2D eigenvalue weighted by atomic mass is 9.53. The lowest BCUT2D eigenvalue weighted by Crippen LogP contribution is -2.46. The number of hydrogen-bond donors (Lipinski definition) is 0. The predicted octanol–water partition coefficient (Wildman–Crippen LogP) is 11.6. The van der Waals surface area contributed by atoms with E-state index in [1.165, 1.54) is 56.9 Å². The van der Waals surface area contributed by atoms with Crippen molar-refractivity contribution in [3.8, 4) is 0 Å². The molecule has 0 amide bonds. The standard InChI is InChI=1S/C41H56/c1-8-17-31(39(2,3)4)25-24-30-28-38(37-29-35(40(5,6)7)26-27-36(30)37)41(34-22-15-16-23-34,32-18-11-9-12-19-32)33-20-13-10-14-21-33/h8-14,17-21,24-25,30,34-38H,1,15-16,22-23,26-29H2,2-7H3. The van der Waals surface area contributed by atoms with E-state index in [9.17, 15) is 0 Å². The highest BCUT2D eigenvalue weighted by atomic mass is 14.6. The molecule has 41 heavy (non-hydrogen) atoms. The molecule has 0 bridgehead atoms. The quantitative estimate of drug-likeness (QED) is 0.302. The monoisotopic (exact) mass is 548 g/mol. The summed E-state index contributed by atoms with van der Waals surface area (Å²) in [6, 6.07) is 23.6. The maximum absolute atomic E-state index is 4.04. The Balaban J connectivity index is 1.67. The Morgan fingerprint density at radius 3 is 1.80 bits per heavy atom. The molecular weight excluding hydrogens is 492 g/mol. The molecule has 0 nitrogen and oxygen atoms in total. The molecule has 0 aliphatic heterocycles. The zero-order valence-corrected chi connectivity index (χ0v) is 26.9. The Morgan fingerprint density at radius 1 is 0.707 bits per heavy atom. The van der Waals surface area contributed by atoms with Gasteiger partial charge in [0.1, 0.15) is 0 Å². The number of fused-ring (bicyclic) bond motifs is 1. The van der Waals surface area contributed by atoms with Gasteiger partial charge in [-0.3, -0.25) is 0 Å². The highest BCUT2D eigenvalue weighted by molar-refractivity contribution is 5.43. The smallest absolute Gasteiger partial charge is 0.0262 e. The molecule has 5 unspecified atom stereocenters. The summed E-state index contributed by atoms with van der Waals surface area (Å²) in [6.07, 6.45) is 20.2. The summed E-state index contributed by atoms with van der Waals surface area (Å²) in [7, 11) is 0. The molecule has 220 valence electrons. The molecular formula is C41H56. The average molecular weight is 549 g/mol. The van der Waals surface area contributed by atoms with Crippen LogP contribution in [-0.4, -0.2) is 0 Å². The van der Waals surface area contributed by atoms with Gasteiger partial charge in [0.25, 0.3) is 0 Å². The second-order valence-electron chi connectivity index (χ2n) is 15.8. The molecule has 3 fully saturated rings. The molecule has 0 N–H and O–H groups in total. The molecule has 0 aromatic heterocycles. The predicted molar refractivity (Wildman–Crippen MR) is 178 cm³/mol. The molecule has 0 spiro atoms. The molecule has 0 saturated heterocycles. The van der Waals surface area contributed by atoms with E-state index in [-0.39, 0.29) is 10.8 Å². The van der Waals surface area contributed by atoms with Gasteiger partial charge < -0.3 is 0 Å². The Morgan fingerprint density at radius 2 is 1.29 bits per heavy atom. The van der Waals surface area contributed by atoms with Crippen molar-refractivity contribution in [2.24, 2.45) is 46.3 Å². The van der Waals surface area contributed by atoms with Crippen LogP contribution >= 0.6 is 0 Å². The van der Waals surface area contributed by atoms with E-state index >= 15 is 0 Å². The largest absolute Gasteiger partial charge is 0.0991 e. The van der Waals surface area contributed by atoms with Gasteiger partial charge >= 0.3 is 0 Å². The fraction of sp³-hybridized carbons (Fsp3) is 0.561. The van der Waals surface area contributed by atoms with E-state index in [0.29, 0.717) is 23.2 Å². The Labute approximate surface area is 252 Å². The van der Waals surface area contributed by atoms with Crippen LogP contribution < -0.4 is 0 Å². The molecule has 3 aliphatic rings. The lowest BCUT2D eigenvalue weighted by molar-refractivity contribution is 0.0605. The van der Waals surface area contributed by atoms with Crippen LogP contribution in [0.5, 0.6) is 0 Å². The maximum atomic E-state index is 4.04. The summed E-state index contributed by atoms with van der Waals surface area (Å²) in [5, 5.41) is 0. The SMILES string of the molecule is C=CC=C(C=CC1CC(C(c2ccccc2)(c2ccccc2)C2CCCC2)C2CC(C(C)(C)C)CCC12)C(C)(C)C. The van der Waals surface area contributed by atoms with Crippen LogP contribution in [0.15, 0.2) is 97.1 Å². The van der Waals surface area contributed by atoms with Gasteiger partial charge in [0, 0.05) is 5.41 Å². The van der Waals surface area contributed by atoms with E-state index in [1.54, 1.807) is 11.1 Å². The van der Waals surface area contributed by atoms with Crippen molar-refractivity contribution < 1.29 is 0 Å². The van der Waals surface area contributed by atoms with E-state index in [0.717, 1.165) is 17.8 Å². The topological polar surface area (TPSA) is 0 Å². The Bertz CT molecular complexity index is 1150. The third kappa shape index (κ3) is 5.96. The zero-order chi connectivity index (χ0) is 29.3. The minimum Gasteiger partial charge on any atom is -0.0991 e. The summed E-state index contributed by atoms with van der Waals surface area (Å²) in [6.45, 7) is 18.5. The highest BCUT2D eigenvalue weighted by Gasteiger charge is 2.58. The van der Waals surface area contributed by atoms with Gasteiger partial charge in [-0.1, -0.05) is 146 Å². The molecule has 2 aromatic carbocycles. The van der Waals surface area contributed by atoms with E-state index in [4.69, 9.17) is 0 Å². The molecule has 2 aromatic rings. The van der Waals surface area contributed by atoms with Crippen LogP contribution in [0.25, 0.3) is 0 Å². The fourth-order valence-corrected chi connectivity index (χ4v) is 9.49. The maximum Gasteiger partial charge on any atom is 0.0262 e. The zero-order valence-electron chi connectivity index (χ0n) is 26.9. The number of allylic oxidation sites excluding steroid dienone is 5. The highest BCUT2D eigenvalue weighted by Crippen LogP contribution is 2.64. The van der Waals surface area contributed by atoms with E-state index < -0.39 is 0 Å². The van der Waals surface area contributed by atoms with Gasteiger partial charge in [0.15, 0.2) is 0 Å². The van der Waals surface area contributed by atoms with Gasteiger partial charge in [-0.2, -0.15) is 0 Å². The van der Waals surface area contributed by atoms with Crippen LogP contribution in [-0.2, 0) is 5.41 Å². The number of rotatable bonds is 7. The molecule has 5 rings (SSSR count). The van der Waals surface area contributed by atoms with Crippen molar-refractivity contribution in [1.29, 1.82) is 0 Å². The van der Waals surface area contributed by atoms with Gasteiger partial charge in [0.05, 0.1) is 0 Å². The third-order valence-electron chi connectivity index (χ3n) is 11.5. The van der Waals surface area contributed by atoms with Crippen LogP contribution in [0, 0.1) is 46.3 Å². The van der Waals surface area contributed by atoms with Gasteiger partial charge in [0.2, 0.25) is 0 Å². The Kier molecular flexibility index (Phi) is 8.90. The van der Waals surface area contributed by atoms with Crippen molar-refractivity contribution in [2.75, 3.05) is 0 Å². The van der Waals surface area contributed by atoms with Crippen molar-refractivity contribution in [2.45, 2.75) is 98.3 Å². The summed E-state index contributed by atoms with van der Waals surface area (Å²) >= 11 is 0. The van der Waals surface area contributed by atoms with Crippen molar-refractivity contribution in [3.63, 3.8) is 0 Å². The first-order valence-electron chi connectivity index (χ1n) is 16.7. The normalized spacial score (nSPS) is 28.2. The van der Waals surface area contributed by atoms with Crippen LogP contribution in [0.4, 0.5) is 0 Å². The third-order valence-corrected chi connectivity index (χ3v) is 11.5. The van der Waals surface area contributed by atoms with Crippen molar-refractivity contribution in [3.05, 3.63) is 108 Å². The van der Waals surface area contributed by atoms with Crippen LogP contribution in [0.3, 0.4) is 0 Å².